The fourth-order valence-corrected chi connectivity index (χ4v) is 3.66. The molecule has 0 amide bonds. The first-order valence-corrected chi connectivity index (χ1v) is 7.55. The van der Waals surface area contributed by atoms with Crippen LogP contribution >= 0.6 is 0 Å². The molecule has 0 aliphatic heterocycles. The average molecular weight is 308 g/mol. The highest BCUT2D eigenvalue weighted by Crippen LogP contribution is 2.34. The van der Waals surface area contributed by atoms with E-state index in [1.165, 1.54) is 18.2 Å². The van der Waals surface area contributed by atoms with Crippen molar-refractivity contribution >= 4 is 10.0 Å². The van der Waals surface area contributed by atoms with Crippen molar-refractivity contribution in [2.45, 2.75) is 36.5 Å². The SMILES string of the molecule is NCc1cccc(S(=O)(=O)N(CC(F)(F)F)C2CC2)c1. The Hall–Kier alpha value is -1.12. The van der Waals surface area contributed by atoms with Crippen LogP contribution in [0.5, 0.6) is 0 Å². The van der Waals surface area contributed by atoms with Gasteiger partial charge in [-0.15, -0.1) is 0 Å². The molecule has 0 atom stereocenters. The summed E-state index contributed by atoms with van der Waals surface area (Å²) in [5.74, 6) is 0. The minimum atomic E-state index is -4.55. The molecule has 1 aliphatic rings. The second-order valence-electron chi connectivity index (χ2n) is 4.75. The number of alkyl halides is 3. The van der Waals surface area contributed by atoms with E-state index in [-0.39, 0.29) is 11.4 Å². The summed E-state index contributed by atoms with van der Waals surface area (Å²) < 4.78 is 62.9. The Labute approximate surface area is 115 Å². The van der Waals surface area contributed by atoms with Crippen molar-refractivity contribution in [1.82, 2.24) is 4.31 Å². The van der Waals surface area contributed by atoms with Gasteiger partial charge >= 0.3 is 6.18 Å². The van der Waals surface area contributed by atoms with Gasteiger partial charge in [-0.2, -0.15) is 17.5 Å². The maximum atomic E-state index is 12.6. The molecule has 20 heavy (non-hydrogen) atoms. The van der Waals surface area contributed by atoms with E-state index in [1.807, 2.05) is 0 Å². The highest BCUT2D eigenvalue weighted by Gasteiger charge is 2.44. The minimum Gasteiger partial charge on any atom is -0.326 e. The van der Waals surface area contributed by atoms with Crippen LogP contribution in [-0.4, -0.2) is 31.5 Å². The topological polar surface area (TPSA) is 63.4 Å². The first-order valence-electron chi connectivity index (χ1n) is 6.11. The predicted molar refractivity (Wildman–Crippen MR) is 67.3 cm³/mol. The molecule has 1 aromatic carbocycles. The molecule has 8 heteroatoms. The van der Waals surface area contributed by atoms with E-state index < -0.39 is 28.8 Å². The average Bonchev–Trinajstić information content (AvgIpc) is 3.19. The van der Waals surface area contributed by atoms with E-state index in [2.05, 4.69) is 0 Å². The second-order valence-corrected chi connectivity index (χ2v) is 6.64. The summed E-state index contributed by atoms with van der Waals surface area (Å²) >= 11 is 0. The lowest BCUT2D eigenvalue weighted by molar-refractivity contribution is -0.137. The standard InChI is InChI=1S/C12H15F3N2O2S/c13-12(14,15)8-17(10-4-5-10)20(18,19)11-3-1-2-9(6-11)7-16/h1-3,6,10H,4-5,7-8,16H2. The summed E-state index contributed by atoms with van der Waals surface area (Å²) in [6, 6.07) is 5.17. The number of halogens is 3. The third kappa shape index (κ3) is 3.50. The Morgan fingerprint density at radius 1 is 1.30 bits per heavy atom. The Balaban J connectivity index is 2.35. The van der Waals surface area contributed by atoms with Crippen LogP contribution in [0.3, 0.4) is 0 Å². The third-order valence-electron chi connectivity index (χ3n) is 3.03. The fourth-order valence-electron chi connectivity index (χ4n) is 1.92. The van der Waals surface area contributed by atoms with Crippen LogP contribution in [0.25, 0.3) is 0 Å². The van der Waals surface area contributed by atoms with Crippen molar-refractivity contribution in [2.24, 2.45) is 5.73 Å². The van der Waals surface area contributed by atoms with E-state index in [0.29, 0.717) is 22.7 Å². The fraction of sp³-hybridized carbons (Fsp3) is 0.500. The van der Waals surface area contributed by atoms with E-state index in [1.54, 1.807) is 6.07 Å². The molecule has 1 aromatic rings. The Kier molecular flexibility index (Phi) is 4.08. The molecule has 1 fully saturated rings. The molecule has 0 aromatic heterocycles. The zero-order valence-corrected chi connectivity index (χ0v) is 11.4. The molecule has 112 valence electrons. The lowest BCUT2D eigenvalue weighted by Crippen LogP contribution is -2.40. The first-order chi connectivity index (χ1) is 9.24. The molecule has 0 bridgehead atoms. The van der Waals surface area contributed by atoms with Crippen molar-refractivity contribution in [3.8, 4) is 0 Å². The summed E-state index contributed by atoms with van der Waals surface area (Å²) in [5, 5.41) is 0. The first kappa shape index (κ1) is 15.3. The zero-order chi connectivity index (χ0) is 15.0. The molecule has 4 nitrogen and oxygen atoms in total. The molecular weight excluding hydrogens is 293 g/mol. The van der Waals surface area contributed by atoms with Gasteiger partial charge in [0, 0.05) is 12.6 Å². The number of nitrogens with zero attached hydrogens (tertiary/aromatic N) is 1. The van der Waals surface area contributed by atoms with Gasteiger partial charge in [-0.05, 0) is 30.5 Å². The third-order valence-corrected chi connectivity index (χ3v) is 4.92. The van der Waals surface area contributed by atoms with E-state index in [4.69, 9.17) is 5.73 Å². The van der Waals surface area contributed by atoms with Gasteiger partial charge in [0.1, 0.15) is 6.54 Å². The van der Waals surface area contributed by atoms with Crippen LogP contribution in [0.15, 0.2) is 29.2 Å². The maximum absolute atomic E-state index is 12.6. The highest BCUT2D eigenvalue weighted by atomic mass is 32.2. The quantitative estimate of drug-likeness (QED) is 0.903. The Bertz CT molecular complexity index is 583. The van der Waals surface area contributed by atoms with Crippen LogP contribution in [-0.2, 0) is 16.6 Å². The lowest BCUT2D eigenvalue weighted by Gasteiger charge is -2.23. The minimum absolute atomic E-state index is 0.131. The van der Waals surface area contributed by atoms with Crippen molar-refractivity contribution in [3.05, 3.63) is 29.8 Å². The molecular formula is C12H15F3N2O2S. The molecule has 0 saturated heterocycles. The number of hydrogen-bond acceptors (Lipinski definition) is 3. The highest BCUT2D eigenvalue weighted by molar-refractivity contribution is 7.89. The largest absolute Gasteiger partial charge is 0.402 e. The molecule has 1 aliphatic carbocycles. The second kappa shape index (κ2) is 5.34. The smallest absolute Gasteiger partial charge is 0.326 e. The summed E-state index contributed by atoms with van der Waals surface area (Å²) in [6.07, 6.45) is -3.63. The van der Waals surface area contributed by atoms with E-state index >= 15 is 0 Å². The van der Waals surface area contributed by atoms with Crippen LogP contribution in [0.4, 0.5) is 13.2 Å². The number of hydrogen-bond donors (Lipinski definition) is 1. The molecule has 0 heterocycles. The summed E-state index contributed by atoms with van der Waals surface area (Å²) in [7, 11) is -4.15. The molecule has 2 rings (SSSR count). The molecule has 1 saturated carbocycles. The molecule has 2 N–H and O–H groups in total. The van der Waals surface area contributed by atoms with Gasteiger partial charge in [0.25, 0.3) is 0 Å². The van der Waals surface area contributed by atoms with Crippen LogP contribution in [0, 0.1) is 0 Å². The summed E-state index contributed by atoms with van der Waals surface area (Å²) in [6.45, 7) is -1.32. The number of benzene rings is 1. The molecule has 0 spiro atoms. The van der Waals surface area contributed by atoms with Gasteiger partial charge in [0.15, 0.2) is 0 Å². The zero-order valence-electron chi connectivity index (χ0n) is 10.6. The lowest BCUT2D eigenvalue weighted by atomic mass is 10.2. The number of nitrogens with two attached hydrogens (primary N) is 1. The summed E-state index contributed by atoms with van der Waals surface area (Å²) in [4.78, 5) is -0.142. The normalized spacial score (nSPS) is 16.6. The van der Waals surface area contributed by atoms with Gasteiger partial charge in [-0.25, -0.2) is 8.42 Å². The summed E-state index contributed by atoms with van der Waals surface area (Å²) in [5.41, 5.74) is 5.99. The number of rotatable bonds is 5. The van der Waals surface area contributed by atoms with Crippen molar-refractivity contribution in [2.75, 3.05) is 6.54 Å². The van der Waals surface area contributed by atoms with Crippen LogP contribution in [0.2, 0.25) is 0 Å². The van der Waals surface area contributed by atoms with Crippen molar-refractivity contribution < 1.29 is 21.6 Å². The predicted octanol–water partition coefficient (Wildman–Crippen LogP) is 1.86. The van der Waals surface area contributed by atoms with Crippen LogP contribution in [0.1, 0.15) is 18.4 Å². The van der Waals surface area contributed by atoms with Crippen molar-refractivity contribution in [1.29, 1.82) is 0 Å². The Morgan fingerprint density at radius 3 is 2.45 bits per heavy atom. The molecule has 0 radical (unpaired) electrons. The van der Waals surface area contributed by atoms with Crippen LogP contribution < -0.4 is 5.73 Å². The molecule has 0 unspecified atom stereocenters. The van der Waals surface area contributed by atoms with E-state index in [0.717, 1.165) is 0 Å². The monoisotopic (exact) mass is 308 g/mol. The van der Waals surface area contributed by atoms with Gasteiger partial charge in [-0.1, -0.05) is 12.1 Å². The number of sulfonamides is 1. The van der Waals surface area contributed by atoms with Gasteiger partial charge in [-0.3, -0.25) is 0 Å². The maximum Gasteiger partial charge on any atom is 0.402 e. The van der Waals surface area contributed by atoms with Gasteiger partial charge < -0.3 is 5.73 Å². The van der Waals surface area contributed by atoms with Gasteiger partial charge in [0.05, 0.1) is 4.90 Å². The van der Waals surface area contributed by atoms with E-state index in [9.17, 15) is 21.6 Å². The Morgan fingerprint density at radius 2 is 1.95 bits per heavy atom. The van der Waals surface area contributed by atoms with Gasteiger partial charge in [0.2, 0.25) is 10.0 Å². The van der Waals surface area contributed by atoms with Crippen molar-refractivity contribution in [3.63, 3.8) is 0 Å².